The normalized spacial score (nSPS) is 19.7. The van der Waals surface area contributed by atoms with E-state index in [1.807, 2.05) is 6.07 Å². The summed E-state index contributed by atoms with van der Waals surface area (Å²) in [4.78, 5) is 0. The Bertz CT molecular complexity index is 359. The molecule has 0 radical (unpaired) electrons. The van der Waals surface area contributed by atoms with Crippen molar-refractivity contribution in [3.63, 3.8) is 0 Å². The zero-order chi connectivity index (χ0) is 11.5. The second-order valence-corrected chi connectivity index (χ2v) is 5.28. The van der Waals surface area contributed by atoms with Gasteiger partial charge < -0.3 is 5.32 Å². The molecule has 1 aromatic carbocycles. The van der Waals surface area contributed by atoms with Gasteiger partial charge in [-0.1, -0.05) is 28.1 Å². The van der Waals surface area contributed by atoms with E-state index in [1.165, 1.54) is 18.4 Å². The van der Waals surface area contributed by atoms with Crippen molar-refractivity contribution in [1.29, 1.82) is 0 Å². The lowest BCUT2D eigenvalue weighted by atomic mass is 9.89. The predicted octanol–water partition coefficient (Wildman–Crippen LogP) is 3.95. The van der Waals surface area contributed by atoms with E-state index in [-0.39, 0.29) is 0 Å². The molecule has 88 valence electrons. The van der Waals surface area contributed by atoms with Crippen LogP contribution in [0.25, 0.3) is 0 Å². The van der Waals surface area contributed by atoms with E-state index in [2.05, 4.69) is 33.4 Å². The number of alkyl halides is 1. The first-order chi connectivity index (χ1) is 7.68. The van der Waals surface area contributed by atoms with Crippen molar-refractivity contribution >= 4 is 15.9 Å². The molecule has 0 spiro atoms. The number of hydrogen-bond donors (Lipinski definition) is 1. The Morgan fingerprint density at radius 2 is 2.06 bits per heavy atom. The second kappa shape index (κ2) is 5.28. The third-order valence-electron chi connectivity index (χ3n) is 3.26. The first-order valence-electron chi connectivity index (χ1n) is 5.82. The van der Waals surface area contributed by atoms with Crippen LogP contribution in [0.2, 0.25) is 0 Å². The summed E-state index contributed by atoms with van der Waals surface area (Å²) in [7, 11) is 0. The van der Waals surface area contributed by atoms with Gasteiger partial charge in [-0.05, 0) is 56.0 Å². The topological polar surface area (TPSA) is 12.0 Å². The van der Waals surface area contributed by atoms with E-state index >= 15 is 0 Å². The summed E-state index contributed by atoms with van der Waals surface area (Å²) in [5, 5.41) is 3.36. The molecule has 1 aromatic rings. The lowest BCUT2D eigenvalue weighted by molar-refractivity contribution is 0.372. The maximum absolute atomic E-state index is 13.2. The smallest absolute Gasteiger partial charge is 0.123 e. The van der Waals surface area contributed by atoms with Gasteiger partial charge in [-0.2, -0.15) is 0 Å². The molecule has 0 aliphatic carbocycles. The van der Waals surface area contributed by atoms with E-state index in [0.717, 1.165) is 23.1 Å². The summed E-state index contributed by atoms with van der Waals surface area (Å²) in [5.74, 6) is 0.626. The van der Waals surface area contributed by atoms with E-state index < -0.39 is 6.17 Å². The maximum atomic E-state index is 13.2. The number of nitrogens with one attached hydrogen (secondary N) is 1. The molecule has 1 fully saturated rings. The Morgan fingerprint density at radius 1 is 1.38 bits per heavy atom. The van der Waals surface area contributed by atoms with Crippen LogP contribution in [-0.4, -0.2) is 13.1 Å². The summed E-state index contributed by atoms with van der Waals surface area (Å²) >= 11 is 3.46. The highest BCUT2D eigenvalue weighted by Gasteiger charge is 2.17. The SMILES string of the molecule is CC(F)c1ccc(C2CCNCC2)cc1Br. The third kappa shape index (κ3) is 2.64. The van der Waals surface area contributed by atoms with Crippen LogP contribution in [0, 0.1) is 0 Å². The Hall–Kier alpha value is -0.410. The number of halogens is 2. The fraction of sp³-hybridized carbons (Fsp3) is 0.538. The van der Waals surface area contributed by atoms with Gasteiger partial charge >= 0.3 is 0 Å². The molecule has 1 heterocycles. The van der Waals surface area contributed by atoms with Gasteiger partial charge in [0.25, 0.3) is 0 Å². The minimum absolute atomic E-state index is 0.626. The molecule has 16 heavy (non-hydrogen) atoms. The average molecular weight is 286 g/mol. The summed E-state index contributed by atoms with van der Waals surface area (Å²) in [6, 6.07) is 6.07. The van der Waals surface area contributed by atoms with E-state index in [4.69, 9.17) is 0 Å². The van der Waals surface area contributed by atoms with Crippen molar-refractivity contribution in [2.45, 2.75) is 31.9 Å². The number of rotatable bonds is 2. The molecule has 1 saturated heterocycles. The molecule has 1 nitrogen and oxygen atoms in total. The molecule has 1 aliphatic rings. The quantitative estimate of drug-likeness (QED) is 0.868. The summed E-state index contributed by atoms with van der Waals surface area (Å²) < 4.78 is 14.1. The first-order valence-corrected chi connectivity index (χ1v) is 6.62. The molecule has 1 aliphatic heterocycles. The van der Waals surface area contributed by atoms with Crippen LogP contribution in [0.5, 0.6) is 0 Å². The van der Waals surface area contributed by atoms with Gasteiger partial charge in [0.05, 0.1) is 0 Å². The van der Waals surface area contributed by atoms with E-state index in [9.17, 15) is 4.39 Å². The van der Waals surface area contributed by atoms with Crippen LogP contribution >= 0.6 is 15.9 Å². The summed E-state index contributed by atoms with van der Waals surface area (Å²) in [5.41, 5.74) is 2.08. The standard InChI is InChI=1S/C13H17BrFN/c1-9(15)12-3-2-11(8-13(12)14)10-4-6-16-7-5-10/h2-3,8-10,16H,4-7H2,1H3. The highest BCUT2D eigenvalue weighted by atomic mass is 79.9. The zero-order valence-corrected chi connectivity index (χ0v) is 11.1. The molecule has 1 atom stereocenters. The van der Waals surface area contributed by atoms with Crippen LogP contribution in [0.4, 0.5) is 4.39 Å². The van der Waals surface area contributed by atoms with Crippen LogP contribution in [0.15, 0.2) is 22.7 Å². The highest BCUT2D eigenvalue weighted by Crippen LogP contribution is 2.32. The predicted molar refractivity (Wildman–Crippen MR) is 68.5 cm³/mol. The summed E-state index contributed by atoms with van der Waals surface area (Å²) in [6.45, 7) is 3.75. The Morgan fingerprint density at radius 3 is 2.62 bits per heavy atom. The Labute approximate surface area is 105 Å². The average Bonchev–Trinajstić information content (AvgIpc) is 2.29. The number of benzene rings is 1. The largest absolute Gasteiger partial charge is 0.317 e. The number of piperidine rings is 1. The minimum atomic E-state index is -0.906. The monoisotopic (exact) mass is 285 g/mol. The van der Waals surface area contributed by atoms with Crippen molar-refractivity contribution in [3.8, 4) is 0 Å². The molecule has 1 unspecified atom stereocenters. The van der Waals surface area contributed by atoms with Crippen LogP contribution in [0.3, 0.4) is 0 Å². The summed E-state index contributed by atoms with van der Waals surface area (Å²) in [6.07, 6.45) is 1.45. The zero-order valence-electron chi connectivity index (χ0n) is 9.47. The van der Waals surface area contributed by atoms with E-state index in [0.29, 0.717) is 5.92 Å². The Balaban J connectivity index is 2.19. The van der Waals surface area contributed by atoms with Gasteiger partial charge in [-0.25, -0.2) is 4.39 Å². The fourth-order valence-electron chi connectivity index (χ4n) is 2.28. The van der Waals surface area contributed by atoms with Crippen molar-refractivity contribution in [1.82, 2.24) is 5.32 Å². The van der Waals surface area contributed by atoms with Crippen molar-refractivity contribution in [2.24, 2.45) is 0 Å². The van der Waals surface area contributed by atoms with Gasteiger partial charge in [0, 0.05) is 4.47 Å². The highest BCUT2D eigenvalue weighted by molar-refractivity contribution is 9.10. The van der Waals surface area contributed by atoms with Gasteiger partial charge in [-0.15, -0.1) is 0 Å². The molecular weight excluding hydrogens is 269 g/mol. The van der Waals surface area contributed by atoms with Crippen LogP contribution in [0.1, 0.15) is 43.0 Å². The minimum Gasteiger partial charge on any atom is -0.317 e. The molecule has 0 amide bonds. The van der Waals surface area contributed by atoms with Gasteiger partial charge in [0.2, 0.25) is 0 Å². The van der Waals surface area contributed by atoms with Crippen LogP contribution < -0.4 is 5.32 Å². The van der Waals surface area contributed by atoms with Gasteiger partial charge in [0.15, 0.2) is 0 Å². The third-order valence-corrected chi connectivity index (χ3v) is 3.95. The van der Waals surface area contributed by atoms with Crippen LogP contribution in [-0.2, 0) is 0 Å². The molecule has 2 rings (SSSR count). The Kier molecular flexibility index (Phi) is 3.98. The molecule has 0 bridgehead atoms. The van der Waals surface area contributed by atoms with Crippen molar-refractivity contribution < 1.29 is 4.39 Å². The molecule has 0 aromatic heterocycles. The van der Waals surface area contributed by atoms with Gasteiger partial charge in [-0.3, -0.25) is 0 Å². The van der Waals surface area contributed by atoms with Crippen molar-refractivity contribution in [2.75, 3.05) is 13.1 Å². The molecular formula is C13H17BrFN. The lowest BCUT2D eigenvalue weighted by Gasteiger charge is -2.23. The fourth-order valence-corrected chi connectivity index (χ4v) is 2.99. The maximum Gasteiger partial charge on any atom is 0.123 e. The van der Waals surface area contributed by atoms with Crippen molar-refractivity contribution in [3.05, 3.63) is 33.8 Å². The lowest BCUT2D eigenvalue weighted by Crippen LogP contribution is -2.26. The van der Waals surface area contributed by atoms with E-state index in [1.54, 1.807) is 6.92 Å². The molecule has 0 saturated carbocycles. The number of hydrogen-bond acceptors (Lipinski definition) is 1. The first kappa shape index (κ1) is 12.1. The second-order valence-electron chi connectivity index (χ2n) is 4.42. The molecule has 3 heteroatoms. The molecule has 1 N–H and O–H groups in total. The van der Waals surface area contributed by atoms with Gasteiger partial charge in [0.1, 0.15) is 6.17 Å².